The van der Waals surface area contributed by atoms with E-state index in [1.54, 1.807) is 12.1 Å². The van der Waals surface area contributed by atoms with Crippen LogP contribution in [0.4, 0.5) is 4.39 Å². The van der Waals surface area contributed by atoms with Crippen molar-refractivity contribution in [3.8, 4) is 5.75 Å². The van der Waals surface area contributed by atoms with Gasteiger partial charge in [0.05, 0.1) is 6.61 Å². The van der Waals surface area contributed by atoms with Gasteiger partial charge >= 0.3 is 0 Å². The molecule has 0 heterocycles. The number of hydrogen-bond acceptors (Lipinski definition) is 1. The largest absolute Gasteiger partial charge is 0.494 e. The van der Waals surface area contributed by atoms with Gasteiger partial charge in [0, 0.05) is 11.8 Å². The van der Waals surface area contributed by atoms with Crippen molar-refractivity contribution in [3.63, 3.8) is 0 Å². The van der Waals surface area contributed by atoms with E-state index in [9.17, 15) is 4.39 Å². The Labute approximate surface area is 118 Å². The molecule has 0 fully saturated rings. The summed E-state index contributed by atoms with van der Waals surface area (Å²) in [7, 11) is 0. The molecule has 0 radical (unpaired) electrons. The van der Waals surface area contributed by atoms with Gasteiger partial charge in [0.1, 0.15) is 11.6 Å². The van der Waals surface area contributed by atoms with Gasteiger partial charge in [-0.3, -0.25) is 0 Å². The van der Waals surface area contributed by atoms with E-state index < -0.39 is 0 Å². The lowest BCUT2D eigenvalue weighted by Crippen LogP contribution is -2.07. The van der Waals surface area contributed by atoms with Crippen LogP contribution in [0.2, 0.25) is 0 Å². The van der Waals surface area contributed by atoms with Crippen LogP contribution < -0.4 is 4.74 Å². The number of para-hydroxylation sites is 1. The first-order valence-corrected chi connectivity index (χ1v) is 6.82. The van der Waals surface area contributed by atoms with Gasteiger partial charge in [-0.25, -0.2) is 4.39 Å². The minimum absolute atomic E-state index is 0.186. The molecule has 2 aromatic rings. The third-order valence-electron chi connectivity index (χ3n) is 3.01. The van der Waals surface area contributed by atoms with Gasteiger partial charge in [0.25, 0.3) is 0 Å². The molecule has 1 atom stereocenters. The lowest BCUT2D eigenvalue weighted by Gasteiger charge is -2.15. The molecular weight excluding hydrogens is 263 g/mol. The van der Waals surface area contributed by atoms with Gasteiger partial charge in [-0.15, -0.1) is 11.6 Å². The number of hydrogen-bond donors (Lipinski definition) is 0. The van der Waals surface area contributed by atoms with E-state index >= 15 is 0 Å². The molecule has 0 aromatic heterocycles. The van der Waals surface area contributed by atoms with Crippen LogP contribution in [-0.4, -0.2) is 12.5 Å². The van der Waals surface area contributed by atoms with Crippen LogP contribution in [0.3, 0.4) is 0 Å². The zero-order valence-corrected chi connectivity index (χ0v) is 11.3. The molecule has 0 saturated heterocycles. The summed E-state index contributed by atoms with van der Waals surface area (Å²) in [5.74, 6) is 1.32. The van der Waals surface area contributed by atoms with Crippen molar-refractivity contribution in [2.75, 3.05) is 12.5 Å². The van der Waals surface area contributed by atoms with Gasteiger partial charge in [0.2, 0.25) is 0 Å². The summed E-state index contributed by atoms with van der Waals surface area (Å²) in [6, 6.07) is 16.2. The highest BCUT2D eigenvalue weighted by Crippen LogP contribution is 2.22. The van der Waals surface area contributed by atoms with E-state index in [1.807, 2.05) is 30.3 Å². The maximum Gasteiger partial charge on any atom is 0.123 e. The molecule has 1 nitrogen and oxygen atoms in total. The van der Waals surface area contributed by atoms with Crippen LogP contribution in [0.1, 0.15) is 17.9 Å². The standard InChI is InChI=1S/C16H16ClFO/c17-12-14(13-6-8-15(18)9-7-13)10-11-19-16-4-2-1-3-5-16/h1-9,14H,10-12H2. The minimum atomic E-state index is -0.224. The van der Waals surface area contributed by atoms with Gasteiger partial charge in [0.15, 0.2) is 0 Å². The Bertz CT molecular complexity index is 484. The van der Waals surface area contributed by atoms with E-state index in [1.165, 1.54) is 12.1 Å². The molecule has 0 spiro atoms. The van der Waals surface area contributed by atoms with Gasteiger partial charge in [-0.2, -0.15) is 0 Å². The fourth-order valence-corrected chi connectivity index (χ4v) is 2.24. The molecule has 0 N–H and O–H groups in total. The van der Waals surface area contributed by atoms with Crippen molar-refractivity contribution < 1.29 is 9.13 Å². The third kappa shape index (κ3) is 4.25. The highest BCUT2D eigenvalue weighted by Gasteiger charge is 2.10. The van der Waals surface area contributed by atoms with Crippen molar-refractivity contribution >= 4 is 11.6 Å². The second-order valence-corrected chi connectivity index (χ2v) is 4.66. The van der Waals surface area contributed by atoms with Crippen molar-refractivity contribution in [2.24, 2.45) is 0 Å². The summed E-state index contributed by atoms with van der Waals surface area (Å²) in [5.41, 5.74) is 1.05. The Morgan fingerprint density at radius 3 is 2.32 bits per heavy atom. The normalized spacial score (nSPS) is 12.1. The Morgan fingerprint density at radius 2 is 1.68 bits per heavy atom. The van der Waals surface area contributed by atoms with Crippen molar-refractivity contribution in [1.82, 2.24) is 0 Å². The van der Waals surface area contributed by atoms with Crippen LogP contribution in [0, 0.1) is 5.82 Å². The predicted molar refractivity (Wildman–Crippen MR) is 76.4 cm³/mol. The predicted octanol–water partition coefficient (Wildman–Crippen LogP) is 4.62. The van der Waals surface area contributed by atoms with E-state index in [4.69, 9.17) is 16.3 Å². The second-order valence-electron chi connectivity index (χ2n) is 4.35. The van der Waals surface area contributed by atoms with E-state index in [2.05, 4.69) is 0 Å². The first kappa shape index (κ1) is 13.9. The number of benzene rings is 2. The van der Waals surface area contributed by atoms with Crippen molar-refractivity contribution in [1.29, 1.82) is 0 Å². The molecule has 0 aliphatic carbocycles. The highest BCUT2D eigenvalue weighted by atomic mass is 35.5. The lowest BCUT2D eigenvalue weighted by molar-refractivity contribution is 0.301. The van der Waals surface area contributed by atoms with Crippen molar-refractivity contribution in [2.45, 2.75) is 12.3 Å². The Hall–Kier alpha value is -1.54. The first-order valence-electron chi connectivity index (χ1n) is 6.29. The second kappa shape index (κ2) is 7.15. The molecule has 2 aromatic carbocycles. The molecule has 0 aliphatic rings. The van der Waals surface area contributed by atoms with Gasteiger partial charge in [-0.05, 0) is 36.2 Å². The quantitative estimate of drug-likeness (QED) is 0.701. The summed E-state index contributed by atoms with van der Waals surface area (Å²) in [6.07, 6.45) is 0.810. The summed E-state index contributed by atoms with van der Waals surface area (Å²) >= 11 is 5.97. The zero-order valence-electron chi connectivity index (χ0n) is 10.6. The minimum Gasteiger partial charge on any atom is -0.494 e. The fourth-order valence-electron chi connectivity index (χ4n) is 1.90. The summed E-state index contributed by atoms with van der Waals surface area (Å²) in [5, 5.41) is 0. The highest BCUT2D eigenvalue weighted by molar-refractivity contribution is 6.18. The van der Waals surface area contributed by atoms with Crippen LogP contribution in [0.5, 0.6) is 5.75 Å². The molecule has 0 saturated carbocycles. The van der Waals surface area contributed by atoms with Crippen LogP contribution >= 0.6 is 11.6 Å². The van der Waals surface area contributed by atoms with Crippen LogP contribution in [0.15, 0.2) is 54.6 Å². The topological polar surface area (TPSA) is 9.23 Å². The Balaban J connectivity index is 1.87. The number of halogens is 2. The third-order valence-corrected chi connectivity index (χ3v) is 3.38. The van der Waals surface area contributed by atoms with Crippen LogP contribution in [0.25, 0.3) is 0 Å². The maximum absolute atomic E-state index is 12.9. The molecule has 0 bridgehead atoms. The summed E-state index contributed by atoms with van der Waals surface area (Å²) < 4.78 is 18.5. The molecular formula is C16H16ClFO. The Morgan fingerprint density at radius 1 is 1.00 bits per heavy atom. The van der Waals surface area contributed by atoms with Crippen LogP contribution in [-0.2, 0) is 0 Å². The maximum atomic E-state index is 12.9. The average molecular weight is 279 g/mol. The SMILES string of the molecule is Fc1ccc(C(CCl)CCOc2ccccc2)cc1. The zero-order chi connectivity index (χ0) is 13.5. The van der Waals surface area contributed by atoms with E-state index in [-0.39, 0.29) is 11.7 Å². The Kier molecular flexibility index (Phi) is 5.22. The van der Waals surface area contributed by atoms with Gasteiger partial charge in [-0.1, -0.05) is 30.3 Å². The smallest absolute Gasteiger partial charge is 0.123 e. The average Bonchev–Trinajstić information content (AvgIpc) is 2.46. The fraction of sp³-hybridized carbons (Fsp3) is 0.250. The lowest BCUT2D eigenvalue weighted by atomic mass is 9.98. The monoisotopic (exact) mass is 278 g/mol. The molecule has 3 heteroatoms. The molecule has 0 amide bonds. The molecule has 2 rings (SSSR count). The molecule has 19 heavy (non-hydrogen) atoms. The summed E-state index contributed by atoms with van der Waals surface area (Å²) in [4.78, 5) is 0. The van der Waals surface area contributed by atoms with Gasteiger partial charge < -0.3 is 4.74 Å². The first-order chi connectivity index (χ1) is 9.29. The van der Waals surface area contributed by atoms with E-state index in [0.717, 1.165) is 17.7 Å². The van der Waals surface area contributed by atoms with Crippen molar-refractivity contribution in [3.05, 3.63) is 66.0 Å². The molecule has 100 valence electrons. The number of alkyl halides is 1. The molecule has 1 unspecified atom stereocenters. The number of ether oxygens (including phenoxy) is 1. The molecule has 0 aliphatic heterocycles. The van der Waals surface area contributed by atoms with E-state index in [0.29, 0.717) is 12.5 Å². The number of rotatable bonds is 6. The summed E-state index contributed by atoms with van der Waals surface area (Å²) in [6.45, 7) is 0.596.